The summed E-state index contributed by atoms with van der Waals surface area (Å²) in [6.45, 7) is 1.24. The molecule has 0 aromatic heterocycles. The SMILES string of the molecule is COc1ccc(N2C(=O)CSC23CCN(C(=O)c2ccc(Cl)cc2)CC3)cc1. The van der Waals surface area contributed by atoms with Gasteiger partial charge in [0.25, 0.3) is 5.91 Å². The predicted molar refractivity (Wildman–Crippen MR) is 112 cm³/mol. The van der Waals surface area contributed by atoms with Gasteiger partial charge in [0.1, 0.15) is 5.75 Å². The molecule has 2 saturated heterocycles. The lowest BCUT2D eigenvalue weighted by Crippen LogP contribution is -2.53. The van der Waals surface area contributed by atoms with Crippen LogP contribution in [0.1, 0.15) is 23.2 Å². The number of carbonyl (C=O) groups is 2. The third kappa shape index (κ3) is 3.47. The zero-order chi connectivity index (χ0) is 19.7. The third-order valence-electron chi connectivity index (χ3n) is 5.37. The van der Waals surface area contributed by atoms with Gasteiger partial charge in [0.2, 0.25) is 5.91 Å². The van der Waals surface area contributed by atoms with Crippen LogP contribution in [0.5, 0.6) is 5.75 Å². The fraction of sp³-hybridized carbons (Fsp3) is 0.333. The van der Waals surface area contributed by atoms with Crippen LogP contribution in [0.2, 0.25) is 5.02 Å². The first-order valence-corrected chi connectivity index (χ1v) is 10.5. The normalized spacial score (nSPS) is 18.6. The van der Waals surface area contributed by atoms with E-state index in [1.165, 1.54) is 0 Å². The number of benzene rings is 2. The molecule has 2 aromatic rings. The Morgan fingerprint density at radius 1 is 1.07 bits per heavy atom. The number of thioether (sulfide) groups is 1. The van der Waals surface area contributed by atoms with Crippen molar-refractivity contribution >= 4 is 40.9 Å². The molecule has 4 rings (SSSR count). The van der Waals surface area contributed by atoms with Gasteiger partial charge in [-0.05, 0) is 61.4 Å². The highest BCUT2D eigenvalue weighted by atomic mass is 35.5. The van der Waals surface area contributed by atoms with Crippen LogP contribution in [0.25, 0.3) is 0 Å². The molecule has 2 fully saturated rings. The highest BCUT2D eigenvalue weighted by Crippen LogP contribution is 2.47. The number of carbonyl (C=O) groups excluding carboxylic acids is 2. The van der Waals surface area contributed by atoms with E-state index < -0.39 is 0 Å². The summed E-state index contributed by atoms with van der Waals surface area (Å²) in [5, 5.41) is 0.616. The van der Waals surface area contributed by atoms with Crippen molar-refractivity contribution in [3.05, 3.63) is 59.1 Å². The van der Waals surface area contributed by atoms with Crippen LogP contribution in [0.3, 0.4) is 0 Å². The first kappa shape index (κ1) is 19.2. The van der Waals surface area contributed by atoms with E-state index in [9.17, 15) is 9.59 Å². The summed E-state index contributed by atoms with van der Waals surface area (Å²) in [6, 6.07) is 14.6. The molecular formula is C21H21ClN2O3S. The molecule has 2 aromatic carbocycles. The van der Waals surface area contributed by atoms with E-state index >= 15 is 0 Å². The summed E-state index contributed by atoms with van der Waals surface area (Å²) in [6.07, 6.45) is 1.49. The Hall–Kier alpha value is -2.18. The number of ether oxygens (including phenoxy) is 1. The van der Waals surface area contributed by atoms with Crippen molar-refractivity contribution in [3.63, 3.8) is 0 Å². The molecule has 0 radical (unpaired) electrons. The summed E-state index contributed by atoms with van der Waals surface area (Å²) in [4.78, 5) is 28.9. The van der Waals surface area contributed by atoms with Gasteiger partial charge < -0.3 is 9.64 Å². The van der Waals surface area contributed by atoms with E-state index in [4.69, 9.17) is 16.3 Å². The van der Waals surface area contributed by atoms with Gasteiger partial charge in [0.15, 0.2) is 0 Å². The minimum absolute atomic E-state index is 0.0110. The Morgan fingerprint density at radius 2 is 1.71 bits per heavy atom. The van der Waals surface area contributed by atoms with Gasteiger partial charge in [-0.1, -0.05) is 11.6 Å². The second kappa shape index (κ2) is 7.68. The van der Waals surface area contributed by atoms with E-state index in [1.807, 2.05) is 34.1 Å². The number of piperidine rings is 1. The van der Waals surface area contributed by atoms with E-state index in [-0.39, 0.29) is 16.7 Å². The number of halogens is 1. The molecule has 2 aliphatic rings. The fourth-order valence-electron chi connectivity index (χ4n) is 3.87. The van der Waals surface area contributed by atoms with Crippen molar-refractivity contribution in [2.75, 3.05) is 30.9 Å². The molecule has 2 heterocycles. The number of hydrogen-bond donors (Lipinski definition) is 0. The lowest BCUT2D eigenvalue weighted by atomic mass is 10.00. The maximum atomic E-state index is 12.8. The maximum absolute atomic E-state index is 12.8. The van der Waals surface area contributed by atoms with Gasteiger partial charge >= 0.3 is 0 Å². The van der Waals surface area contributed by atoms with E-state index in [0.29, 0.717) is 29.4 Å². The summed E-state index contributed by atoms with van der Waals surface area (Å²) >= 11 is 7.61. The minimum atomic E-state index is -0.289. The average Bonchev–Trinajstić information content (AvgIpc) is 3.04. The second-order valence-electron chi connectivity index (χ2n) is 6.96. The van der Waals surface area contributed by atoms with Crippen LogP contribution in [0.15, 0.2) is 48.5 Å². The summed E-state index contributed by atoms with van der Waals surface area (Å²) in [5.41, 5.74) is 1.52. The topological polar surface area (TPSA) is 49.9 Å². The zero-order valence-electron chi connectivity index (χ0n) is 15.6. The molecular weight excluding hydrogens is 396 g/mol. The number of amides is 2. The van der Waals surface area contributed by atoms with Gasteiger partial charge in [-0.25, -0.2) is 0 Å². The van der Waals surface area contributed by atoms with Gasteiger partial charge in [-0.15, -0.1) is 11.8 Å². The van der Waals surface area contributed by atoms with Crippen molar-refractivity contribution in [1.82, 2.24) is 4.90 Å². The molecule has 0 atom stereocenters. The molecule has 146 valence electrons. The lowest BCUT2D eigenvalue weighted by Gasteiger charge is -2.44. The standard InChI is InChI=1S/C21H21ClN2O3S/c1-27-18-8-6-17(7-9-18)24-19(25)14-28-21(24)10-12-23(13-11-21)20(26)15-2-4-16(22)5-3-15/h2-9H,10-14H2,1H3. The molecule has 0 bridgehead atoms. The van der Waals surface area contributed by atoms with Crippen molar-refractivity contribution in [2.24, 2.45) is 0 Å². The Bertz CT molecular complexity index is 878. The van der Waals surface area contributed by atoms with Gasteiger partial charge in [0, 0.05) is 29.4 Å². The van der Waals surface area contributed by atoms with Crippen LogP contribution in [-0.4, -0.2) is 47.5 Å². The molecule has 7 heteroatoms. The van der Waals surface area contributed by atoms with Crippen LogP contribution < -0.4 is 9.64 Å². The molecule has 5 nitrogen and oxygen atoms in total. The van der Waals surface area contributed by atoms with Crippen LogP contribution >= 0.6 is 23.4 Å². The zero-order valence-corrected chi connectivity index (χ0v) is 17.1. The highest BCUT2D eigenvalue weighted by Gasteiger charge is 2.49. The largest absolute Gasteiger partial charge is 0.497 e. The molecule has 0 unspecified atom stereocenters. The van der Waals surface area contributed by atoms with Crippen LogP contribution in [0.4, 0.5) is 5.69 Å². The number of methoxy groups -OCH3 is 1. The number of rotatable bonds is 3. The lowest BCUT2D eigenvalue weighted by molar-refractivity contribution is -0.116. The van der Waals surface area contributed by atoms with Crippen molar-refractivity contribution in [3.8, 4) is 5.75 Å². The monoisotopic (exact) mass is 416 g/mol. The molecule has 28 heavy (non-hydrogen) atoms. The molecule has 0 N–H and O–H groups in total. The maximum Gasteiger partial charge on any atom is 0.253 e. The Labute approximate surface area is 173 Å². The smallest absolute Gasteiger partial charge is 0.253 e. The number of anilines is 1. The Morgan fingerprint density at radius 3 is 2.32 bits per heavy atom. The molecule has 2 aliphatic heterocycles. The molecule has 2 amide bonds. The quantitative estimate of drug-likeness (QED) is 0.757. The van der Waals surface area contributed by atoms with Gasteiger partial charge in [0.05, 0.1) is 17.7 Å². The molecule has 0 aliphatic carbocycles. The van der Waals surface area contributed by atoms with Crippen molar-refractivity contribution in [2.45, 2.75) is 17.7 Å². The number of likely N-dealkylation sites (tertiary alicyclic amines) is 1. The minimum Gasteiger partial charge on any atom is -0.497 e. The van der Waals surface area contributed by atoms with Crippen molar-refractivity contribution < 1.29 is 14.3 Å². The number of nitrogens with zero attached hydrogens (tertiary/aromatic N) is 2. The summed E-state index contributed by atoms with van der Waals surface area (Å²) in [5.74, 6) is 1.36. The third-order valence-corrected chi connectivity index (χ3v) is 7.15. The van der Waals surface area contributed by atoms with E-state index in [0.717, 1.165) is 24.3 Å². The Balaban J connectivity index is 1.50. The number of hydrogen-bond acceptors (Lipinski definition) is 4. The fourth-order valence-corrected chi connectivity index (χ4v) is 5.32. The summed E-state index contributed by atoms with van der Waals surface area (Å²) < 4.78 is 5.22. The first-order valence-electron chi connectivity index (χ1n) is 9.18. The highest BCUT2D eigenvalue weighted by molar-refractivity contribution is 8.02. The van der Waals surface area contributed by atoms with Crippen molar-refractivity contribution in [1.29, 1.82) is 0 Å². The van der Waals surface area contributed by atoms with Crippen LogP contribution in [0, 0.1) is 0 Å². The predicted octanol–water partition coefficient (Wildman–Crippen LogP) is 4.06. The van der Waals surface area contributed by atoms with E-state index in [1.54, 1.807) is 43.1 Å². The van der Waals surface area contributed by atoms with Gasteiger partial charge in [-0.2, -0.15) is 0 Å². The molecule has 0 saturated carbocycles. The summed E-state index contributed by atoms with van der Waals surface area (Å²) in [7, 11) is 1.63. The first-order chi connectivity index (χ1) is 13.5. The second-order valence-corrected chi connectivity index (χ2v) is 8.73. The Kier molecular flexibility index (Phi) is 5.25. The van der Waals surface area contributed by atoms with E-state index in [2.05, 4.69) is 0 Å². The average molecular weight is 417 g/mol. The van der Waals surface area contributed by atoms with Crippen LogP contribution in [-0.2, 0) is 4.79 Å². The molecule has 1 spiro atoms. The van der Waals surface area contributed by atoms with Gasteiger partial charge in [-0.3, -0.25) is 14.5 Å².